The maximum absolute atomic E-state index is 9.44. The summed E-state index contributed by atoms with van der Waals surface area (Å²) in [5.74, 6) is 0. The van der Waals surface area contributed by atoms with Crippen molar-refractivity contribution in [2.75, 3.05) is 0 Å². The zero-order valence-electron chi connectivity index (χ0n) is 41.3. The van der Waals surface area contributed by atoms with Gasteiger partial charge in [0.15, 0.2) is 0 Å². The molecular formula is C68H45BCl2N4O2. The third kappa shape index (κ3) is 10.1. The molecule has 0 aliphatic rings. The first-order valence-electron chi connectivity index (χ1n) is 25.2. The third-order valence-corrected chi connectivity index (χ3v) is 14.4. The number of nitrogens with zero attached hydrogens (tertiary/aromatic N) is 4. The monoisotopic (exact) mass is 1030 g/mol. The maximum atomic E-state index is 9.44. The Balaban J connectivity index is 0.000000158. The smallest absolute Gasteiger partial charge is 0.423 e. The molecule has 0 spiro atoms. The van der Waals surface area contributed by atoms with Crippen LogP contribution < -0.4 is 5.46 Å². The van der Waals surface area contributed by atoms with Crippen LogP contribution in [-0.4, -0.2) is 37.1 Å². The Bertz CT molecular complexity index is 4320. The fourth-order valence-electron chi connectivity index (χ4n) is 10.4. The largest absolute Gasteiger partial charge is 0.488 e. The lowest BCUT2D eigenvalue weighted by Crippen LogP contribution is -2.29. The van der Waals surface area contributed by atoms with E-state index in [-0.39, 0.29) is 0 Å². The SMILES string of the molecule is Clc1cc(Cl)ncn1.OB(O)c1cccc(-c2cc3ccccc3c3ccccc23)c1.c1cc(-c2cc(-c3cccc(-c4cc5ccccc5c5ccccc45)c3)ncn2)cc(-c2cc3ccccc3c3ccccc23)c1. The summed E-state index contributed by atoms with van der Waals surface area (Å²) in [5, 5.41) is 34.4. The van der Waals surface area contributed by atoms with E-state index in [0.29, 0.717) is 15.8 Å². The number of fused-ring (bicyclic) bond motifs is 9. The van der Waals surface area contributed by atoms with Crippen molar-refractivity contribution in [2.45, 2.75) is 0 Å². The number of hydrogen-bond donors (Lipinski definition) is 2. The summed E-state index contributed by atoms with van der Waals surface area (Å²) in [6.45, 7) is 0. The van der Waals surface area contributed by atoms with Crippen molar-refractivity contribution < 1.29 is 10.0 Å². The molecule has 0 saturated heterocycles. The zero-order valence-corrected chi connectivity index (χ0v) is 42.9. The minimum absolute atomic E-state index is 0.366. The molecule has 2 aromatic heterocycles. The van der Waals surface area contributed by atoms with Gasteiger partial charge in [-0.1, -0.05) is 229 Å². The fourth-order valence-corrected chi connectivity index (χ4v) is 10.8. The van der Waals surface area contributed by atoms with E-state index < -0.39 is 7.12 Å². The minimum Gasteiger partial charge on any atom is -0.423 e. The summed E-state index contributed by atoms with van der Waals surface area (Å²) in [6, 6.07) is 86.5. The number of aromatic nitrogens is 4. The van der Waals surface area contributed by atoms with E-state index >= 15 is 0 Å². The summed E-state index contributed by atoms with van der Waals surface area (Å²) in [7, 11) is -1.46. The Morgan fingerprint density at radius 2 is 0.597 bits per heavy atom. The van der Waals surface area contributed by atoms with Crippen molar-refractivity contribution in [2.24, 2.45) is 0 Å². The number of hydrogen-bond acceptors (Lipinski definition) is 6. The fraction of sp³-hybridized carbons (Fsp3) is 0. The van der Waals surface area contributed by atoms with Crippen LogP contribution >= 0.6 is 23.2 Å². The van der Waals surface area contributed by atoms with Crippen molar-refractivity contribution in [3.63, 3.8) is 0 Å². The van der Waals surface area contributed by atoms with Gasteiger partial charge in [-0.2, -0.15) is 0 Å². The van der Waals surface area contributed by atoms with Gasteiger partial charge in [-0.05, 0) is 140 Å². The van der Waals surface area contributed by atoms with Crippen molar-refractivity contribution in [1.29, 1.82) is 0 Å². The van der Waals surface area contributed by atoms with Gasteiger partial charge >= 0.3 is 7.12 Å². The van der Waals surface area contributed by atoms with Crippen molar-refractivity contribution in [3.05, 3.63) is 272 Å². The molecule has 0 atom stereocenters. The molecule has 0 fully saturated rings. The Labute approximate surface area is 455 Å². The van der Waals surface area contributed by atoms with Crippen LogP contribution in [0.5, 0.6) is 0 Å². The van der Waals surface area contributed by atoms with Crippen molar-refractivity contribution >= 4 is 100 Å². The average molecular weight is 1030 g/mol. The molecule has 14 aromatic rings. The van der Waals surface area contributed by atoms with Crippen molar-refractivity contribution in [3.8, 4) is 55.9 Å². The minimum atomic E-state index is -1.46. The molecular weight excluding hydrogens is 986 g/mol. The normalized spacial score (nSPS) is 11.1. The summed E-state index contributed by atoms with van der Waals surface area (Å²) in [6.07, 6.45) is 2.99. The van der Waals surface area contributed by atoms with Crippen molar-refractivity contribution in [1.82, 2.24) is 19.9 Å². The molecule has 12 aromatic carbocycles. The highest BCUT2D eigenvalue weighted by atomic mass is 35.5. The second kappa shape index (κ2) is 21.6. The quantitative estimate of drug-likeness (QED) is 0.0979. The lowest BCUT2D eigenvalue weighted by molar-refractivity contribution is 0.426. The highest BCUT2D eigenvalue weighted by Crippen LogP contribution is 2.39. The molecule has 77 heavy (non-hydrogen) atoms. The zero-order chi connectivity index (χ0) is 52.2. The van der Waals surface area contributed by atoms with E-state index in [2.05, 4.69) is 210 Å². The Kier molecular flexibility index (Phi) is 13.7. The highest BCUT2D eigenvalue weighted by molar-refractivity contribution is 6.58. The van der Waals surface area contributed by atoms with E-state index in [1.807, 2.05) is 36.4 Å². The highest BCUT2D eigenvalue weighted by Gasteiger charge is 2.16. The Hall–Kier alpha value is -9.08. The van der Waals surface area contributed by atoms with Gasteiger partial charge in [0.2, 0.25) is 0 Å². The first kappa shape index (κ1) is 48.8. The summed E-state index contributed by atoms with van der Waals surface area (Å²) in [4.78, 5) is 16.7. The van der Waals surface area contributed by atoms with E-state index in [1.165, 1.54) is 93.9 Å². The van der Waals surface area contributed by atoms with Crippen LogP contribution in [0, 0.1) is 0 Å². The molecule has 2 heterocycles. The van der Waals surface area contributed by atoms with Crippen LogP contribution in [-0.2, 0) is 0 Å². The molecule has 0 saturated carbocycles. The lowest BCUT2D eigenvalue weighted by Gasteiger charge is -2.13. The van der Waals surface area contributed by atoms with E-state index in [4.69, 9.17) is 33.2 Å². The third-order valence-electron chi connectivity index (χ3n) is 14.0. The molecule has 6 nitrogen and oxygen atoms in total. The topological polar surface area (TPSA) is 92.0 Å². The number of rotatable bonds is 6. The average Bonchev–Trinajstić information content (AvgIpc) is 3.50. The van der Waals surface area contributed by atoms with Crippen LogP contribution in [0.3, 0.4) is 0 Å². The molecule has 2 N–H and O–H groups in total. The summed E-state index contributed by atoms with van der Waals surface area (Å²) < 4.78 is 0. The molecule has 0 amide bonds. The molecule has 366 valence electrons. The van der Waals surface area contributed by atoms with E-state index in [1.54, 1.807) is 12.4 Å². The second-order valence-corrected chi connectivity index (χ2v) is 19.5. The predicted octanol–water partition coefficient (Wildman–Crippen LogP) is 16.9. The number of benzene rings is 12. The van der Waals surface area contributed by atoms with E-state index in [9.17, 15) is 10.0 Å². The van der Waals surface area contributed by atoms with Gasteiger partial charge in [0, 0.05) is 17.2 Å². The van der Waals surface area contributed by atoms with Crippen LogP contribution in [0.2, 0.25) is 10.3 Å². The van der Waals surface area contributed by atoms with Crippen LogP contribution in [0.4, 0.5) is 0 Å². The first-order valence-corrected chi connectivity index (χ1v) is 25.9. The standard InChI is InChI=1S/C44H28N2.C20H15BO2.C4H2Cl2N2/c1-3-17-35-31(11-1)25-41(39-21-7-5-19-37(35)39)29-13-9-15-33(23-29)43-27-44(46-28-45-43)34-16-10-14-30(24-34)42-26-32-12-2-4-18-36(32)38-20-6-8-22-40(38)42;22-21(23)16-8-5-7-14(12-16)20-13-15-6-1-2-9-17(15)18-10-3-4-11-19(18)20;5-3-1-4(6)8-2-7-3/h1-28H;1-13,22-23H;1-2H. The van der Waals surface area contributed by atoms with Gasteiger partial charge in [-0.25, -0.2) is 19.9 Å². The first-order chi connectivity index (χ1) is 37.8. The molecule has 14 rings (SSSR count). The van der Waals surface area contributed by atoms with Gasteiger partial charge < -0.3 is 10.0 Å². The van der Waals surface area contributed by atoms with Gasteiger partial charge in [0.05, 0.1) is 11.4 Å². The molecule has 0 radical (unpaired) electrons. The van der Waals surface area contributed by atoms with Gasteiger partial charge in [-0.3, -0.25) is 0 Å². The molecule has 9 heteroatoms. The molecule has 0 unspecified atom stereocenters. The van der Waals surface area contributed by atoms with Gasteiger partial charge in [0.1, 0.15) is 23.0 Å². The Morgan fingerprint density at radius 3 is 0.974 bits per heavy atom. The van der Waals surface area contributed by atoms with Crippen LogP contribution in [0.25, 0.3) is 121 Å². The summed E-state index contributed by atoms with van der Waals surface area (Å²) in [5.41, 5.74) is 11.3. The molecule has 0 bridgehead atoms. The second-order valence-electron chi connectivity index (χ2n) is 18.7. The Morgan fingerprint density at radius 1 is 0.273 bits per heavy atom. The van der Waals surface area contributed by atoms with Crippen LogP contribution in [0.1, 0.15) is 0 Å². The summed E-state index contributed by atoms with van der Waals surface area (Å²) >= 11 is 10.8. The van der Waals surface area contributed by atoms with E-state index in [0.717, 1.165) is 39.0 Å². The number of halogens is 2. The maximum Gasteiger partial charge on any atom is 0.488 e. The molecule has 0 aliphatic heterocycles. The molecule has 0 aliphatic carbocycles. The lowest BCUT2D eigenvalue weighted by atomic mass is 9.78. The van der Waals surface area contributed by atoms with Gasteiger partial charge in [0.25, 0.3) is 0 Å². The van der Waals surface area contributed by atoms with Gasteiger partial charge in [-0.15, -0.1) is 0 Å². The van der Waals surface area contributed by atoms with Crippen LogP contribution in [0.15, 0.2) is 261 Å². The predicted molar refractivity (Wildman–Crippen MR) is 323 cm³/mol.